The first-order valence-corrected chi connectivity index (χ1v) is 2.60. The molecule has 0 aliphatic carbocycles. The van der Waals surface area contributed by atoms with Gasteiger partial charge in [-0.15, -0.1) is 0 Å². The fourth-order valence-corrected chi connectivity index (χ4v) is 0.356. The van der Waals surface area contributed by atoms with Crippen LogP contribution in [0.2, 0.25) is 0 Å². The third-order valence-corrected chi connectivity index (χ3v) is 0.996. The van der Waals surface area contributed by atoms with E-state index in [1.807, 2.05) is 0 Å². The van der Waals surface area contributed by atoms with Crippen LogP contribution in [0, 0.1) is 5.41 Å². The maximum atomic E-state index is 8.31. The Labute approximate surface area is 49.0 Å². The van der Waals surface area contributed by atoms with E-state index in [-0.39, 0.29) is 12.6 Å². The molecule has 0 aromatic heterocycles. The lowest BCUT2D eigenvalue weighted by atomic mass is 10.1. The highest BCUT2D eigenvalue weighted by molar-refractivity contribution is 5.83. The van der Waals surface area contributed by atoms with Gasteiger partial charge in [0.25, 0.3) is 0 Å². The second-order valence-electron chi connectivity index (χ2n) is 1.80. The highest BCUT2D eigenvalue weighted by Crippen LogP contribution is 1.86. The van der Waals surface area contributed by atoms with Crippen molar-refractivity contribution in [1.82, 2.24) is 0 Å². The van der Waals surface area contributed by atoms with E-state index >= 15 is 0 Å². The molecule has 3 heteroatoms. The number of rotatable bonds is 3. The molecule has 0 aliphatic rings. The topological polar surface area (TPSA) is 70.1 Å². The zero-order chi connectivity index (χ0) is 6.57. The Morgan fingerprint density at radius 2 is 2.38 bits per heavy atom. The number of nitrogens with two attached hydrogens (primary N) is 1. The van der Waals surface area contributed by atoms with Crippen LogP contribution in [0.15, 0.2) is 0 Å². The molecule has 8 heavy (non-hydrogen) atoms. The highest BCUT2D eigenvalue weighted by Gasteiger charge is 2.00. The van der Waals surface area contributed by atoms with Gasteiger partial charge in [-0.2, -0.15) is 0 Å². The molecule has 0 bridgehead atoms. The van der Waals surface area contributed by atoms with Crippen molar-refractivity contribution in [2.75, 3.05) is 6.61 Å². The number of aliphatic hydroxyl groups excluding tert-OH is 1. The summed E-state index contributed by atoms with van der Waals surface area (Å²) in [6.07, 6.45) is 0.495. The predicted octanol–water partition coefficient (Wildman–Crippen LogP) is -0.264. The van der Waals surface area contributed by atoms with E-state index in [2.05, 4.69) is 0 Å². The molecular formula is C5H12N2O. The molecule has 0 aromatic carbocycles. The van der Waals surface area contributed by atoms with E-state index in [1.165, 1.54) is 0 Å². The van der Waals surface area contributed by atoms with Gasteiger partial charge < -0.3 is 16.2 Å². The van der Waals surface area contributed by atoms with Crippen molar-refractivity contribution < 1.29 is 5.11 Å². The largest absolute Gasteiger partial charge is 0.396 e. The molecule has 4 N–H and O–H groups in total. The molecule has 0 heterocycles. The van der Waals surface area contributed by atoms with Gasteiger partial charge >= 0.3 is 0 Å². The molecular weight excluding hydrogens is 104 g/mol. The molecule has 0 saturated heterocycles. The third kappa shape index (κ3) is 2.71. The second-order valence-corrected chi connectivity index (χ2v) is 1.80. The summed E-state index contributed by atoms with van der Waals surface area (Å²) < 4.78 is 0. The minimum absolute atomic E-state index is 0.0669. The van der Waals surface area contributed by atoms with Crippen molar-refractivity contribution in [2.24, 2.45) is 5.73 Å². The average molecular weight is 116 g/mol. The van der Waals surface area contributed by atoms with E-state index in [0.29, 0.717) is 12.1 Å². The Morgan fingerprint density at radius 3 is 2.50 bits per heavy atom. The van der Waals surface area contributed by atoms with Crippen LogP contribution in [0.4, 0.5) is 0 Å². The van der Waals surface area contributed by atoms with E-state index in [1.54, 1.807) is 6.92 Å². The summed E-state index contributed by atoms with van der Waals surface area (Å²) in [7, 11) is 0. The summed E-state index contributed by atoms with van der Waals surface area (Å²) in [5, 5.41) is 15.3. The van der Waals surface area contributed by atoms with Gasteiger partial charge in [-0.3, -0.25) is 0 Å². The van der Waals surface area contributed by atoms with E-state index in [4.69, 9.17) is 16.2 Å². The zero-order valence-electron chi connectivity index (χ0n) is 5.02. The van der Waals surface area contributed by atoms with Crippen LogP contribution in [-0.2, 0) is 0 Å². The van der Waals surface area contributed by atoms with Crippen molar-refractivity contribution in [3.63, 3.8) is 0 Å². The summed E-state index contributed by atoms with van der Waals surface area (Å²) in [6.45, 7) is 1.71. The van der Waals surface area contributed by atoms with Gasteiger partial charge in [0, 0.05) is 18.4 Å². The smallest absolute Gasteiger partial charge is 0.0449 e. The van der Waals surface area contributed by atoms with Gasteiger partial charge in [0.15, 0.2) is 0 Å². The molecule has 48 valence electrons. The monoisotopic (exact) mass is 116 g/mol. The SMILES string of the molecule is CC(=N)C(N)CCO. The fraction of sp³-hybridized carbons (Fsp3) is 0.800. The van der Waals surface area contributed by atoms with Crippen molar-refractivity contribution in [3.05, 3.63) is 0 Å². The van der Waals surface area contributed by atoms with Crippen LogP contribution in [0.3, 0.4) is 0 Å². The van der Waals surface area contributed by atoms with Crippen molar-refractivity contribution >= 4 is 5.71 Å². The fourth-order valence-electron chi connectivity index (χ4n) is 0.356. The molecule has 0 radical (unpaired) electrons. The molecule has 0 fully saturated rings. The normalized spacial score (nSPS) is 13.4. The molecule has 1 atom stereocenters. The lowest BCUT2D eigenvalue weighted by Gasteiger charge is -2.05. The Bertz CT molecular complexity index is 82.5. The van der Waals surface area contributed by atoms with Gasteiger partial charge in [0.2, 0.25) is 0 Å². The Balaban J connectivity index is 3.32. The average Bonchev–Trinajstić information content (AvgIpc) is 1.67. The standard InChI is InChI=1S/C5H12N2O/c1-4(6)5(7)2-3-8/h5-6,8H,2-3,7H2,1H3. The first-order valence-electron chi connectivity index (χ1n) is 2.60. The molecule has 0 spiro atoms. The number of nitrogens with one attached hydrogen (secondary N) is 1. The quantitative estimate of drug-likeness (QED) is 0.444. The molecule has 0 aromatic rings. The van der Waals surface area contributed by atoms with Gasteiger partial charge in [0.1, 0.15) is 0 Å². The lowest BCUT2D eigenvalue weighted by molar-refractivity contribution is 0.285. The second kappa shape index (κ2) is 3.57. The third-order valence-electron chi connectivity index (χ3n) is 0.996. The zero-order valence-corrected chi connectivity index (χ0v) is 5.02. The van der Waals surface area contributed by atoms with E-state index in [9.17, 15) is 0 Å². The Morgan fingerprint density at radius 1 is 1.88 bits per heavy atom. The minimum Gasteiger partial charge on any atom is -0.396 e. The summed E-state index contributed by atoms with van der Waals surface area (Å²) >= 11 is 0. The van der Waals surface area contributed by atoms with Gasteiger partial charge in [-0.05, 0) is 13.3 Å². The van der Waals surface area contributed by atoms with Crippen LogP contribution in [0.1, 0.15) is 13.3 Å². The van der Waals surface area contributed by atoms with Gasteiger partial charge in [0.05, 0.1) is 0 Å². The number of aliphatic hydroxyl groups is 1. The molecule has 3 nitrogen and oxygen atoms in total. The van der Waals surface area contributed by atoms with Crippen molar-refractivity contribution in [3.8, 4) is 0 Å². The summed E-state index contributed by atoms with van der Waals surface area (Å²) in [6, 6.07) is -0.250. The summed E-state index contributed by atoms with van der Waals surface area (Å²) in [5.74, 6) is 0. The van der Waals surface area contributed by atoms with Gasteiger partial charge in [-0.1, -0.05) is 0 Å². The Kier molecular flexibility index (Phi) is 3.39. The van der Waals surface area contributed by atoms with Crippen LogP contribution in [-0.4, -0.2) is 23.5 Å². The summed E-state index contributed by atoms with van der Waals surface area (Å²) in [5.41, 5.74) is 5.77. The van der Waals surface area contributed by atoms with Crippen LogP contribution >= 0.6 is 0 Å². The molecule has 0 rings (SSSR count). The van der Waals surface area contributed by atoms with E-state index < -0.39 is 0 Å². The molecule has 0 aliphatic heterocycles. The maximum Gasteiger partial charge on any atom is 0.0449 e. The summed E-state index contributed by atoms with van der Waals surface area (Å²) in [4.78, 5) is 0. The maximum absolute atomic E-state index is 8.31. The predicted molar refractivity (Wildman–Crippen MR) is 33.1 cm³/mol. The van der Waals surface area contributed by atoms with Crippen LogP contribution in [0.5, 0.6) is 0 Å². The first-order chi connectivity index (χ1) is 3.68. The lowest BCUT2D eigenvalue weighted by Crippen LogP contribution is -2.28. The highest BCUT2D eigenvalue weighted by atomic mass is 16.3. The molecule has 0 amide bonds. The van der Waals surface area contributed by atoms with Crippen LogP contribution in [0.25, 0.3) is 0 Å². The number of hydrogen-bond donors (Lipinski definition) is 3. The van der Waals surface area contributed by atoms with Crippen molar-refractivity contribution in [1.29, 1.82) is 5.41 Å². The number of hydrogen-bond acceptors (Lipinski definition) is 3. The van der Waals surface area contributed by atoms with E-state index in [0.717, 1.165) is 0 Å². The van der Waals surface area contributed by atoms with Crippen LogP contribution < -0.4 is 5.73 Å². The van der Waals surface area contributed by atoms with Gasteiger partial charge in [-0.25, -0.2) is 0 Å². The first kappa shape index (κ1) is 7.59. The van der Waals surface area contributed by atoms with Crippen molar-refractivity contribution in [2.45, 2.75) is 19.4 Å². The minimum atomic E-state index is -0.250. The molecule has 0 saturated carbocycles. The Hall–Kier alpha value is -0.410. The molecule has 1 unspecified atom stereocenters.